The molecule has 1 aromatic carbocycles. The number of nitrogens with zero attached hydrogens (tertiary/aromatic N) is 2. The average Bonchev–Trinajstić information content (AvgIpc) is 2.83. The lowest BCUT2D eigenvalue weighted by Crippen LogP contribution is -2.44. The van der Waals surface area contributed by atoms with Gasteiger partial charge in [0.1, 0.15) is 6.04 Å². The van der Waals surface area contributed by atoms with E-state index in [0.717, 1.165) is 17.5 Å². The number of hydrogen-bond donors (Lipinski definition) is 2. The molecule has 2 aromatic rings. The first-order valence-electron chi connectivity index (χ1n) is 8.57. The number of benzene rings is 1. The molecule has 2 N–H and O–H groups in total. The van der Waals surface area contributed by atoms with E-state index in [0.29, 0.717) is 6.54 Å². The number of carboxylic acids is 1. The second-order valence-electron chi connectivity index (χ2n) is 6.45. The Morgan fingerprint density at radius 3 is 2.16 bits per heavy atom. The van der Waals surface area contributed by atoms with Crippen LogP contribution >= 0.6 is 0 Å². The Kier molecular flexibility index (Phi) is 6.01. The van der Waals surface area contributed by atoms with E-state index in [1.54, 1.807) is 23.0 Å². The van der Waals surface area contributed by atoms with Crippen LogP contribution in [0.2, 0.25) is 0 Å². The lowest BCUT2D eigenvalue weighted by molar-refractivity contribution is -0.143. The third-order valence-electron chi connectivity index (χ3n) is 4.18. The van der Waals surface area contributed by atoms with Crippen molar-refractivity contribution in [3.8, 4) is 0 Å². The van der Waals surface area contributed by atoms with Crippen LogP contribution in [0.25, 0.3) is 11.0 Å². The van der Waals surface area contributed by atoms with Gasteiger partial charge in [0.2, 0.25) is 5.91 Å². The molecule has 1 amide bonds. The van der Waals surface area contributed by atoms with Crippen LogP contribution in [0.3, 0.4) is 0 Å². The summed E-state index contributed by atoms with van der Waals surface area (Å²) in [6, 6.07) is 6.56. The number of aromatic nitrogens is 2. The van der Waals surface area contributed by atoms with Crippen LogP contribution in [-0.4, -0.2) is 32.2 Å². The Bertz CT molecular complexity index is 819. The molecular weight excluding hydrogens is 322 g/mol. The van der Waals surface area contributed by atoms with Crippen molar-refractivity contribution in [3.63, 3.8) is 0 Å². The van der Waals surface area contributed by atoms with E-state index in [1.807, 2.05) is 31.2 Å². The molecule has 0 radical (unpaired) electrons. The molecule has 1 aromatic heterocycles. The van der Waals surface area contributed by atoms with Gasteiger partial charge in [-0.05, 0) is 24.5 Å². The predicted molar refractivity (Wildman–Crippen MR) is 95.5 cm³/mol. The van der Waals surface area contributed by atoms with E-state index in [1.165, 1.54) is 0 Å². The molecule has 0 bridgehead atoms. The number of amides is 1. The fourth-order valence-electron chi connectivity index (χ4n) is 2.90. The number of para-hydroxylation sites is 2. The quantitative estimate of drug-likeness (QED) is 0.762. The zero-order chi connectivity index (χ0) is 18.6. The van der Waals surface area contributed by atoms with E-state index in [4.69, 9.17) is 5.11 Å². The Balaban J connectivity index is 2.18. The number of aryl methyl sites for hydroxylation is 2. The van der Waals surface area contributed by atoms with Crippen LogP contribution < -0.4 is 11.0 Å². The Labute approximate surface area is 146 Å². The van der Waals surface area contributed by atoms with Gasteiger partial charge in [0.05, 0.1) is 11.0 Å². The van der Waals surface area contributed by atoms with E-state index in [2.05, 4.69) is 5.32 Å². The lowest BCUT2D eigenvalue weighted by Gasteiger charge is -2.17. The number of nitrogens with one attached hydrogen (secondary N) is 1. The first-order valence-corrected chi connectivity index (χ1v) is 8.57. The molecule has 7 nitrogen and oxygen atoms in total. The molecule has 0 aliphatic heterocycles. The van der Waals surface area contributed by atoms with Crippen molar-refractivity contribution in [1.82, 2.24) is 14.5 Å². The molecule has 0 saturated heterocycles. The highest BCUT2D eigenvalue weighted by atomic mass is 16.4. The minimum atomic E-state index is -1.06. The van der Waals surface area contributed by atoms with Crippen molar-refractivity contribution in [1.29, 1.82) is 0 Å². The highest BCUT2D eigenvalue weighted by Gasteiger charge is 2.23. The summed E-state index contributed by atoms with van der Waals surface area (Å²) in [6.45, 7) is 6.31. The first kappa shape index (κ1) is 18.8. The molecule has 0 saturated carbocycles. The van der Waals surface area contributed by atoms with Crippen LogP contribution in [0.15, 0.2) is 29.1 Å². The van der Waals surface area contributed by atoms with Gasteiger partial charge in [0, 0.05) is 19.5 Å². The van der Waals surface area contributed by atoms with Crippen LogP contribution in [0.4, 0.5) is 0 Å². The van der Waals surface area contributed by atoms with Gasteiger partial charge in [-0.2, -0.15) is 0 Å². The van der Waals surface area contributed by atoms with E-state index in [9.17, 15) is 14.4 Å². The number of aliphatic carboxylic acids is 1. The molecule has 0 spiro atoms. The molecule has 7 heteroatoms. The molecular formula is C18H25N3O4. The molecule has 2 rings (SSSR count). The predicted octanol–water partition coefficient (Wildman–Crippen LogP) is 1.83. The summed E-state index contributed by atoms with van der Waals surface area (Å²) in [5.41, 5.74) is 1.49. The maximum Gasteiger partial charge on any atom is 0.329 e. The third-order valence-corrected chi connectivity index (χ3v) is 4.18. The number of carboxylic acid groups (broad SMARTS) is 1. The Hall–Kier alpha value is -2.57. The summed E-state index contributed by atoms with van der Waals surface area (Å²) in [5.74, 6) is -1.64. The normalized spacial score (nSPS) is 12.5. The van der Waals surface area contributed by atoms with Crippen molar-refractivity contribution in [2.24, 2.45) is 5.92 Å². The molecule has 0 unspecified atom stereocenters. The molecule has 0 aliphatic carbocycles. The summed E-state index contributed by atoms with van der Waals surface area (Å²) in [5, 5.41) is 11.7. The van der Waals surface area contributed by atoms with Gasteiger partial charge in [-0.15, -0.1) is 0 Å². The summed E-state index contributed by atoms with van der Waals surface area (Å²) in [6.07, 6.45) is 0.889. The van der Waals surface area contributed by atoms with Crippen molar-refractivity contribution >= 4 is 22.9 Å². The zero-order valence-electron chi connectivity index (χ0n) is 14.9. The van der Waals surface area contributed by atoms with Gasteiger partial charge in [0.15, 0.2) is 0 Å². The number of rotatable bonds is 8. The topological polar surface area (TPSA) is 93.3 Å². The Morgan fingerprint density at radius 1 is 1.12 bits per heavy atom. The van der Waals surface area contributed by atoms with E-state index in [-0.39, 0.29) is 30.5 Å². The highest BCUT2D eigenvalue weighted by molar-refractivity contribution is 5.84. The van der Waals surface area contributed by atoms with Crippen molar-refractivity contribution in [3.05, 3.63) is 34.7 Å². The fourth-order valence-corrected chi connectivity index (χ4v) is 2.90. The first-order chi connectivity index (χ1) is 11.9. The number of fused-ring (bicyclic) bond motifs is 1. The van der Waals surface area contributed by atoms with Gasteiger partial charge in [0.25, 0.3) is 0 Å². The minimum Gasteiger partial charge on any atom is -0.480 e. The van der Waals surface area contributed by atoms with Gasteiger partial charge in [-0.25, -0.2) is 9.59 Å². The molecule has 136 valence electrons. The molecule has 1 heterocycles. The molecule has 1 atom stereocenters. The largest absolute Gasteiger partial charge is 0.480 e. The minimum absolute atomic E-state index is 0.0521. The van der Waals surface area contributed by atoms with Gasteiger partial charge >= 0.3 is 11.7 Å². The van der Waals surface area contributed by atoms with Crippen LogP contribution in [0.5, 0.6) is 0 Å². The van der Waals surface area contributed by atoms with Crippen molar-refractivity contribution in [2.45, 2.75) is 52.7 Å². The van der Waals surface area contributed by atoms with Crippen molar-refractivity contribution < 1.29 is 14.7 Å². The van der Waals surface area contributed by atoms with Gasteiger partial charge in [-0.1, -0.05) is 32.9 Å². The SMILES string of the molecule is CCCn1c(=O)n(CCC(=O)N[C@@H](C(=O)O)C(C)C)c2ccccc21. The fraction of sp³-hybridized carbons (Fsp3) is 0.500. The number of imidazole rings is 1. The van der Waals surface area contributed by atoms with E-state index >= 15 is 0 Å². The summed E-state index contributed by atoms with van der Waals surface area (Å²) in [7, 11) is 0. The smallest absolute Gasteiger partial charge is 0.329 e. The van der Waals surface area contributed by atoms with Crippen LogP contribution in [0, 0.1) is 5.92 Å². The highest BCUT2D eigenvalue weighted by Crippen LogP contribution is 2.13. The summed E-state index contributed by atoms with van der Waals surface area (Å²) in [4.78, 5) is 35.9. The Morgan fingerprint density at radius 2 is 1.68 bits per heavy atom. The summed E-state index contributed by atoms with van der Waals surface area (Å²) < 4.78 is 3.29. The number of carbonyl (C=O) groups excluding carboxylic acids is 1. The molecule has 0 aliphatic rings. The number of carbonyl (C=O) groups is 2. The second-order valence-corrected chi connectivity index (χ2v) is 6.45. The number of hydrogen-bond acceptors (Lipinski definition) is 3. The average molecular weight is 347 g/mol. The van der Waals surface area contributed by atoms with Crippen LogP contribution in [0.1, 0.15) is 33.6 Å². The monoisotopic (exact) mass is 347 g/mol. The molecule has 25 heavy (non-hydrogen) atoms. The maximum atomic E-state index is 12.6. The van der Waals surface area contributed by atoms with Crippen molar-refractivity contribution in [2.75, 3.05) is 0 Å². The molecule has 0 fully saturated rings. The summed E-state index contributed by atoms with van der Waals surface area (Å²) >= 11 is 0. The lowest BCUT2D eigenvalue weighted by atomic mass is 10.0. The van der Waals surface area contributed by atoms with Crippen LogP contribution in [-0.2, 0) is 22.7 Å². The second kappa shape index (κ2) is 8.00. The van der Waals surface area contributed by atoms with Gasteiger partial charge in [-0.3, -0.25) is 13.9 Å². The van der Waals surface area contributed by atoms with E-state index < -0.39 is 12.0 Å². The standard InChI is InChI=1S/C18H25N3O4/c1-4-10-20-13-7-5-6-8-14(13)21(18(20)25)11-9-15(22)19-16(12(2)3)17(23)24/h5-8,12,16H,4,9-11H2,1-3H3,(H,19,22)(H,23,24)/t16-/m1/s1. The maximum absolute atomic E-state index is 12.6. The zero-order valence-corrected chi connectivity index (χ0v) is 14.9. The van der Waals surface area contributed by atoms with Gasteiger partial charge < -0.3 is 10.4 Å². The third kappa shape index (κ3) is 4.10.